The van der Waals surface area contributed by atoms with Gasteiger partial charge in [0.25, 0.3) is 0 Å². The number of rotatable bonds is 3. The number of nitrogens with one attached hydrogen (secondary N) is 1. The van der Waals surface area contributed by atoms with Crippen LogP contribution in [-0.4, -0.2) is 24.5 Å². The summed E-state index contributed by atoms with van der Waals surface area (Å²) in [6, 6.07) is 0. The molecule has 4 heteroatoms. The van der Waals surface area contributed by atoms with Gasteiger partial charge in [-0.05, 0) is 5.75 Å². The molecule has 0 spiro atoms. The SMILES string of the molecule is CCSC(=N)COC.Cl. The van der Waals surface area contributed by atoms with Gasteiger partial charge in [0.1, 0.15) is 0 Å². The first-order valence-electron chi connectivity index (χ1n) is 2.50. The van der Waals surface area contributed by atoms with Gasteiger partial charge in [-0.15, -0.1) is 24.2 Å². The van der Waals surface area contributed by atoms with Crippen molar-refractivity contribution in [1.29, 1.82) is 5.41 Å². The molecule has 1 N–H and O–H groups in total. The van der Waals surface area contributed by atoms with E-state index in [0.29, 0.717) is 11.7 Å². The molecule has 0 heterocycles. The molecule has 0 aromatic heterocycles. The first-order valence-corrected chi connectivity index (χ1v) is 3.49. The molecule has 0 fully saturated rings. The van der Waals surface area contributed by atoms with Crippen LogP contribution in [0.15, 0.2) is 0 Å². The van der Waals surface area contributed by atoms with Crippen molar-refractivity contribution in [3.8, 4) is 0 Å². The van der Waals surface area contributed by atoms with Gasteiger partial charge >= 0.3 is 0 Å². The van der Waals surface area contributed by atoms with Gasteiger partial charge in [0.2, 0.25) is 0 Å². The van der Waals surface area contributed by atoms with Crippen LogP contribution >= 0.6 is 24.2 Å². The minimum Gasteiger partial charge on any atom is -0.378 e. The van der Waals surface area contributed by atoms with Crippen molar-refractivity contribution in [3.63, 3.8) is 0 Å². The molecule has 0 saturated heterocycles. The van der Waals surface area contributed by atoms with Crippen LogP contribution in [0.1, 0.15) is 6.92 Å². The number of thioether (sulfide) groups is 1. The van der Waals surface area contributed by atoms with Crippen LogP contribution in [0.4, 0.5) is 0 Å². The maximum atomic E-state index is 7.13. The standard InChI is InChI=1S/C5H11NOS.ClH/c1-3-8-5(6)4-7-2;/h6H,3-4H2,1-2H3;1H. The molecule has 0 atom stereocenters. The number of methoxy groups -OCH3 is 1. The highest BCUT2D eigenvalue weighted by Gasteiger charge is 1.90. The van der Waals surface area contributed by atoms with E-state index in [2.05, 4.69) is 0 Å². The van der Waals surface area contributed by atoms with Gasteiger partial charge in [-0.2, -0.15) is 0 Å². The molecule has 56 valence electrons. The average Bonchev–Trinajstić information content (AvgIpc) is 1.68. The lowest BCUT2D eigenvalue weighted by atomic mass is 10.8. The predicted octanol–water partition coefficient (Wildman–Crippen LogP) is 1.78. The third kappa shape index (κ3) is 8.27. The van der Waals surface area contributed by atoms with Gasteiger partial charge in [-0.3, -0.25) is 5.41 Å². The Kier molecular flexibility index (Phi) is 11.0. The normalized spacial score (nSPS) is 8.22. The van der Waals surface area contributed by atoms with E-state index in [4.69, 9.17) is 10.1 Å². The van der Waals surface area contributed by atoms with Crippen molar-refractivity contribution in [2.24, 2.45) is 0 Å². The Bertz CT molecular complexity index is 71.4. The van der Waals surface area contributed by atoms with E-state index in [1.807, 2.05) is 6.92 Å². The summed E-state index contributed by atoms with van der Waals surface area (Å²) < 4.78 is 4.71. The lowest BCUT2D eigenvalue weighted by molar-refractivity contribution is 0.247. The summed E-state index contributed by atoms with van der Waals surface area (Å²) in [5.74, 6) is 0.961. The topological polar surface area (TPSA) is 33.1 Å². The van der Waals surface area contributed by atoms with Crippen molar-refractivity contribution >= 4 is 29.2 Å². The van der Waals surface area contributed by atoms with Crippen LogP contribution in [0.2, 0.25) is 0 Å². The van der Waals surface area contributed by atoms with E-state index >= 15 is 0 Å². The smallest absolute Gasteiger partial charge is 0.0938 e. The van der Waals surface area contributed by atoms with E-state index in [-0.39, 0.29) is 12.4 Å². The molecule has 0 aliphatic rings. The lowest BCUT2D eigenvalue weighted by Gasteiger charge is -1.96. The number of halogens is 1. The zero-order valence-corrected chi connectivity index (χ0v) is 7.27. The first kappa shape index (κ1) is 12.0. The lowest BCUT2D eigenvalue weighted by Crippen LogP contribution is -1.99. The predicted molar refractivity (Wildman–Crippen MR) is 45.0 cm³/mol. The molecule has 0 aromatic rings. The Hall–Kier alpha value is 0.270. The average molecular weight is 170 g/mol. The van der Waals surface area contributed by atoms with Crippen molar-refractivity contribution in [1.82, 2.24) is 0 Å². The molecule has 0 aliphatic carbocycles. The van der Waals surface area contributed by atoms with Crippen molar-refractivity contribution in [2.75, 3.05) is 19.5 Å². The minimum absolute atomic E-state index is 0. The summed E-state index contributed by atoms with van der Waals surface area (Å²) in [7, 11) is 1.60. The summed E-state index contributed by atoms with van der Waals surface area (Å²) in [6.45, 7) is 2.48. The number of hydrogen-bond acceptors (Lipinski definition) is 3. The third-order valence-electron chi connectivity index (χ3n) is 0.594. The van der Waals surface area contributed by atoms with Crippen LogP contribution in [0, 0.1) is 5.41 Å². The minimum atomic E-state index is 0. The highest BCUT2D eigenvalue weighted by Crippen LogP contribution is 1.99. The van der Waals surface area contributed by atoms with Crippen molar-refractivity contribution < 1.29 is 4.74 Å². The molecule has 0 rings (SSSR count). The molecular weight excluding hydrogens is 158 g/mol. The Morgan fingerprint density at radius 3 is 2.56 bits per heavy atom. The van der Waals surface area contributed by atoms with Crippen molar-refractivity contribution in [3.05, 3.63) is 0 Å². The fourth-order valence-electron chi connectivity index (χ4n) is 0.347. The van der Waals surface area contributed by atoms with E-state index in [9.17, 15) is 0 Å². The highest BCUT2D eigenvalue weighted by molar-refractivity contribution is 8.13. The Morgan fingerprint density at radius 2 is 2.22 bits per heavy atom. The Labute approximate surface area is 66.3 Å². The highest BCUT2D eigenvalue weighted by atomic mass is 35.5. The molecule has 0 unspecified atom stereocenters. The largest absolute Gasteiger partial charge is 0.378 e. The van der Waals surface area contributed by atoms with E-state index in [1.54, 1.807) is 7.11 Å². The van der Waals surface area contributed by atoms with E-state index in [1.165, 1.54) is 11.8 Å². The molecule has 0 aliphatic heterocycles. The molecule has 9 heavy (non-hydrogen) atoms. The molecule has 0 bridgehead atoms. The first-order chi connectivity index (χ1) is 3.81. The molecule has 0 saturated carbocycles. The molecule has 0 aromatic carbocycles. The van der Waals surface area contributed by atoms with Crippen LogP contribution < -0.4 is 0 Å². The fraction of sp³-hybridized carbons (Fsp3) is 0.800. The van der Waals surface area contributed by atoms with Crippen LogP contribution in [0.3, 0.4) is 0 Å². The third-order valence-corrected chi connectivity index (χ3v) is 1.35. The van der Waals surface area contributed by atoms with Gasteiger partial charge in [0.05, 0.1) is 11.7 Å². The summed E-state index contributed by atoms with van der Waals surface area (Å²) in [4.78, 5) is 0. The summed E-state index contributed by atoms with van der Waals surface area (Å²) in [5.41, 5.74) is 0. The molecule has 2 nitrogen and oxygen atoms in total. The van der Waals surface area contributed by atoms with Gasteiger partial charge in [-0.25, -0.2) is 0 Å². The fourth-order valence-corrected chi connectivity index (χ4v) is 0.897. The quantitative estimate of drug-likeness (QED) is 0.516. The molecule has 0 radical (unpaired) electrons. The zero-order chi connectivity index (χ0) is 6.41. The van der Waals surface area contributed by atoms with Gasteiger partial charge in [-0.1, -0.05) is 6.92 Å². The maximum Gasteiger partial charge on any atom is 0.0938 e. The number of hydrogen-bond donors (Lipinski definition) is 1. The molecular formula is C5H12ClNOS. The van der Waals surface area contributed by atoms with Crippen LogP contribution in [0.25, 0.3) is 0 Å². The summed E-state index contributed by atoms with van der Waals surface area (Å²) >= 11 is 1.51. The second-order valence-corrected chi connectivity index (χ2v) is 2.65. The second kappa shape index (κ2) is 8.27. The van der Waals surface area contributed by atoms with E-state index in [0.717, 1.165) is 5.75 Å². The molecule has 0 amide bonds. The monoisotopic (exact) mass is 169 g/mol. The second-order valence-electron chi connectivity index (χ2n) is 1.29. The van der Waals surface area contributed by atoms with Gasteiger partial charge in [0.15, 0.2) is 0 Å². The Balaban J connectivity index is 0. The zero-order valence-electron chi connectivity index (χ0n) is 5.64. The Morgan fingerprint density at radius 1 is 1.67 bits per heavy atom. The van der Waals surface area contributed by atoms with Gasteiger partial charge in [0, 0.05) is 7.11 Å². The van der Waals surface area contributed by atoms with Gasteiger partial charge < -0.3 is 4.74 Å². The van der Waals surface area contributed by atoms with E-state index < -0.39 is 0 Å². The van der Waals surface area contributed by atoms with Crippen LogP contribution in [-0.2, 0) is 4.74 Å². The number of ether oxygens (including phenoxy) is 1. The summed E-state index contributed by atoms with van der Waals surface area (Å²) in [5, 5.41) is 7.73. The van der Waals surface area contributed by atoms with Crippen molar-refractivity contribution in [2.45, 2.75) is 6.92 Å². The maximum absolute atomic E-state index is 7.13. The van der Waals surface area contributed by atoms with Crippen LogP contribution in [0.5, 0.6) is 0 Å². The summed E-state index contributed by atoms with van der Waals surface area (Å²) in [6.07, 6.45) is 0.